The molecule has 0 radical (unpaired) electrons. The van der Waals surface area contributed by atoms with Crippen LogP contribution in [-0.4, -0.2) is 43.9 Å². The third-order valence-corrected chi connectivity index (χ3v) is 4.45. The van der Waals surface area contributed by atoms with Crippen LogP contribution in [0, 0.1) is 23.7 Å². The molecule has 0 saturated heterocycles. The van der Waals surface area contributed by atoms with Gasteiger partial charge >= 0.3 is 0 Å². The standard InChI is InChI=1S/C17H17ClFN5O2/c18-15-12(3-1-9-2-4-14(19)21-7-9)16(24-17(20)23-15)22-11-5-10(8-25)13(26)6-11/h2,4,7,10-11,13,25-26H,5-6,8H2,(H3,20,22,23,24)/t10-,11-,13+/m1/s1. The van der Waals surface area contributed by atoms with E-state index in [0.717, 1.165) is 0 Å². The number of anilines is 2. The molecule has 2 heterocycles. The van der Waals surface area contributed by atoms with E-state index in [1.165, 1.54) is 18.3 Å². The first-order chi connectivity index (χ1) is 12.5. The number of nitrogens with one attached hydrogen (secondary N) is 1. The lowest BCUT2D eigenvalue weighted by Crippen LogP contribution is -2.19. The number of nitrogen functional groups attached to an aromatic ring is 1. The van der Waals surface area contributed by atoms with E-state index in [4.69, 9.17) is 17.3 Å². The Kier molecular flexibility index (Phi) is 5.52. The molecule has 7 nitrogen and oxygen atoms in total. The highest BCUT2D eigenvalue weighted by atomic mass is 35.5. The van der Waals surface area contributed by atoms with E-state index in [2.05, 4.69) is 32.1 Å². The number of hydrogen-bond acceptors (Lipinski definition) is 7. The van der Waals surface area contributed by atoms with Gasteiger partial charge in [-0.2, -0.15) is 14.4 Å². The zero-order valence-electron chi connectivity index (χ0n) is 13.7. The molecule has 3 atom stereocenters. The van der Waals surface area contributed by atoms with Crippen LogP contribution >= 0.6 is 11.6 Å². The molecule has 0 amide bonds. The van der Waals surface area contributed by atoms with Crippen LogP contribution in [0.25, 0.3) is 0 Å². The highest BCUT2D eigenvalue weighted by molar-refractivity contribution is 6.31. The second kappa shape index (κ2) is 7.83. The van der Waals surface area contributed by atoms with Gasteiger partial charge in [0.2, 0.25) is 11.9 Å². The molecule has 9 heteroatoms. The molecular formula is C17H17ClFN5O2. The summed E-state index contributed by atoms with van der Waals surface area (Å²) in [6.45, 7) is -0.0871. The van der Waals surface area contributed by atoms with Crippen molar-refractivity contribution < 1.29 is 14.6 Å². The van der Waals surface area contributed by atoms with E-state index in [1.54, 1.807) is 0 Å². The Bertz CT molecular complexity index is 853. The first kappa shape index (κ1) is 18.3. The number of halogens is 2. The van der Waals surface area contributed by atoms with Crippen LogP contribution in [0.5, 0.6) is 0 Å². The summed E-state index contributed by atoms with van der Waals surface area (Å²) in [5.41, 5.74) is 6.51. The predicted octanol–water partition coefficient (Wildman–Crippen LogP) is 1.19. The molecule has 2 aromatic heterocycles. The lowest BCUT2D eigenvalue weighted by molar-refractivity contribution is 0.0908. The minimum absolute atomic E-state index is 0.0104. The van der Waals surface area contributed by atoms with Gasteiger partial charge in [0.1, 0.15) is 11.4 Å². The number of nitrogens with two attached hydrogens (primary N) is 1. The molecule has 3 rings (SSSR count). The van der Waals surface area contributed by atoms with Crippen LogP contribution in [0.1, 0.15) is 24.0 Å². The van der Waals surface area contributed by atoms with Gasteiger partial charge in [0.15, 0.2) is 5.15 Å². The Morgan fingerprint density at radius 2 is 2.12 bits per heavy atom. The minimum atomic E-state index is -0.593. The van der Waals surface area contributed by atoms with Crippen molar-refractivity contribution in [2.75, 3.05) is 17.7 Å². The van der Waals surface area contributed by atoms with Crippen LogP contribution in [0.15, 0.2) is 18.3 Å². The topological polar surface area (TPSA) is 117 Å². The third-order valence-electron chi connectivity index (χ3n) is 4.17. The fourth-order valence-corrected chi connectivity index (χ4v) is 3.08. The quantitative estimate of drug-likeness (QED) is 0.360. The van der Waals surface area contributed by atoms with Crippen molar-refractivity contribution in [3.05, 3.63) is 40.6 Å². The Morgan fingerprint density at radius 3 is 2.77 bits per heavy atom. The van der Waals surface area contributed by atoms with Gasteiger partial charge in [-0.15, -0.1) is 0 Å². The van der Waals surface area contributed by atoms with Gasteiger partial charge in [-0.3, -0.25) is 0 Å². The van der Waals surface area contributed by atoms with Crippen LogP contribution in [0.4, 0.5) is 16.2 Å². The van der Waals surface area contributed by atoms with Crippen molar-refractivity contribution in [3.63, 3.8) is 0 Å². The Hall–Kier alpha value is -2.47. The van der Waals surface area contributed by atoms with Crippen molar-refractivity contribution in [2.45, 2.75) is 25.0 Å². The van der Waals surface area contributed by atoms with Crippen LogP contribution in [-0.2, 0) is 0 Å². The molecule has 0 aliphatic heterocycles. The number of rotatable bonds is 3. The maximum Gasteiger partial charge on any atom is 0.223 e. The molecule has 1 saturated carbocycles. The zero-order chi connectivity index (χ0) is 18.7. The lowest BCUT2D eigenvalue weighted by atomic mass is 10.1. The van der Waals surface area contributed by atoms with Gasteiger partial charge in [0.05, 0.1) is 6.10 Å². The molecule has 2 aromatic rings. The third kappa shape index (κ3) is 4.19. The van der Waals surface area contributed by atoms with E-state index >= 15 is 0 Å². The number of nitrogens with zero attached hydrogens (tertiary/aromatic N) is 3. The Morgan fingerprint density at radius 1 is 1.31 bits per heavy atom. The fraction of sp³-hybridized carbons (Fsp3) is 0.353. The van der Waals surface area contributed by atoms with Crippen molar-refractivity contribution in [3.8, 4) is 11.8 Å². The van der Waals surface area contributed by atoms with E-state index in [0.29, 0.717) is 29.8 Å². The first-order valence-corrected chi connectivity index (χ1v) is 8.36. The fourth-order valence-electron chi connectivity index (χ4n) is 2.86. The molecule has 0 unspecified atom stereocenters. The molecule has 0 aromatic carbocycles. The van der Waals surface area contributed by atoms with Crippen LogP contribution in [0.3, 0.4) is 0 Å². The maximum absolute atomic E-state index is 12.9. The first-order valence-electron chi connectivity index (χ1n) is 7.98. The SMILES string of the molecule is Nc1nc(Cl)c(C#Cc2ccc(F)nc2)c(N[C@@H]2C[C@H](CO)[C@@H](O)C2)n1. The summed E-state index contributed by atoms with van der Waals surface area (Å²) in [5.74, 6) is 5.24. The molecule has 0 bridgehead atoms. The van der Waals surface area contributed by atoms with Crippen LogP contribution in [0.2, 0.25) is 5.15 Å². The molecule has 5 N–H and O–H groups in total. The van der Waals surface area contributed by atoms with E-state index in [1.807, 2.05) is 0 Å². The number of aliphatic hydroxyl groups excluding tert-OH is 2. The van der Waals surface area contributed by atoms with E-state index < -0.39 is 12.1 Å². The minimum Gasteiger partial charge on any atom is -0.396 e. The molecule has 0 spiro atoms. The van der Waals surface area contributed by atoms with Gasteiger partial charge in [0, 0.05) is 30.3 Å². The summed E-state index contributed by atoms with van der Waals surface area (Å²) < 4.78 is 12.9. The van der Waals surface area contributed by atoms with Gasteiger partial charge in [-0.25, -0.2) is 4.98 Å². The number of hydrogen-bond donors (Lipinski definition) is 4. The van der Waals surface area contributed by atoms with Gasteiger partial charge in [0.25, 0.3) is 0 Å². The highest BCUT2D eigenvalue weighted by Gasteiger charge is 2.33. The molecule has 1 fully saturated rings. The molecule has 26 heavy (non-hydrogen) atoms. The Balaban J connectivity index is 1.87. The van der Waals surface area contributed by atoms with Crippen molar-refractivity contribution >= 4 is 23.4 Å². The van der Waals surface area contributed by atoms with Gasteiger partial charge < -0.3 is 21.3 Å². The lowest BCUT2D eigenvalue weighted by Gasteiger charge is -2.15. The van der Waals surface area contributed by atoms with Crippen molar-refractivity contribution in [1.29, 1.82) is 0 Å². The average molecular weight is 378 g/mol. The molecule has 136 valence electrons. The second-order valence-corrected chi connectivity index (χ2v) is 6.40. The highest BCUT2D eigenvalue weighted by Crippen LogP contribution is 2.30. The summed E-state index contributed by atoms with van der Waals surface area (Å²) in [7, 11) is 0. The Labute approximate surface area is 154 Å². The van der Waals surface area contributed by atoms with Gasteiger partial charge in [-0.05, 0) is 25.0 Å². The normalized spacial score (nSPS) is 21.9. The van der Waals surface area contributed by atoms with E-state index in [9.17, 15) is 14.6 Å². The summed E-state index contributed by atoms with van der Waals surface area (Å²) in [6, 6.07) is 2.59. The molecule has 1 aliphatic carbocycles. The second-order valence-electron chi connectivity index (χ2n) is 6.04. The summed E-state index contributed by atoms with van der Waals surface area (Å²) in [5, 5.41) is 22.5. The largest absolute Gasteiger partial charge is 0.396 e. The van der Waals surface area contributed by atoms with Crippen molar-refractivity contribution in [1.82, 2.24) is 15.0 Å². The van der Waals surface area contributed by atoms with E-state index in [-0.39, 0.29) is 29.7 Å². The maximum atomic E-state index is 12.9. The molecular weight excluding hydrogens is 361 g/mol. The molecule has 1 aliphatic rings. The smallest absolute Gasteiger partial charge is 0.223 e. The monoisotopic (exact) mass is 377 g/mol. The number of aliphatic hydroxyl groups is 2. The number of pyridine rings is 1. The summed E-state index contributed by atoms with van der Waals surface area (Å²) in [6.07, 6.45) is 1.75. The summed E-state index contributed by atoms with van der Waals surface area (Å²) in [4.78, 5) is 11.6. The average Bonchev–Trinajstić information content (AvgIpc) is 2.95. The predicted molar refractivity (Wildman–Crippen MR) is 94.9 cm³/mol. The zero-order valence-corrected chi connectivity index (χ0v) is 14.4. The summed E-state index contributed by atoms with van der Waals surface area (Å²) >= 11 is 6.16. The van der Waals surface area contributed by atoms with Crippen molar-refractivity contribution in [2.24, 2.45) is 5.92 Å². The number of aromatic nitrogens is 3. The van der Waals surface area contributed by atoms with Gasteiger partial charge in [-0.1, -0.05) is 23.4 Å². The van der Waals surface area contributed by atoms with Crippen LogP contribution < -0.4 is 11.1 Å².